The standard InChI is InChI=1S/C7H9BrN2/c8-7-2-4-10-5-6(7)1-3-9/h2,4-5H,1,3,9H2. The van der Waals surface area contributed by atoms with Gasteiger partial charge in [0, 0.05) is 16.9 Å². The van der Waals surface area contributed by atoms with Crippen LogP contribution in [0, 0.1) is 0 Å². The second-order valence-corrected chi connectivity index (χ2v) is 2.86. The van der Waals surface area contributed by atoms with E-state index in [1.165, 1.54) is 5.56 Å². The monoisotopic (exact) mass is 200 g/mol. The third kappa shape index (κ3) is 1.78. The molecule has 0 fully saturated rings. The van der Waals surface area contributed by atoms with E-state index in [1.54, 1.807) is 6.20 Å². The van der Waals surface area contributed by atoms with E-state index in [1.807, 2.05) is 12.3 Å². The van der Waals surface area contributed by atoms with Crippen molar-refractivity contribution in [1.29, 1.82) is 0 Å². The number of nitrogens with zero attached hydrogens (tertiary/aromatic N) is 1. The second-order valence-electron chi connectivity index (χ2n) is 2.01. The highest BCUT2D eigenvalue weighted by molar-refractivity contribution is 9.10. The molecule has 1 heterocycles. The molecule has 0 aromatic carbocycles. The zero-order chi connectivity index (χ0) is 7.40. The smallest absolute Gasteiger partial charge is 0.0311 e. The normalized spacial score (nSPS) is 9.80. The van der Waals surface area contributed by atoms with Crippen molar-refractivity contribution in [2.24, 2.45) is 5.73 Å². The van der Waals surface area contributed by atoms with Crippen LogP contribution in [0.1, 0.15) is 5.56 Å². The van der Waals surface area contributed by atoms with Gasteiger partial charge in [-0.25, -0.2) is 0 Å². The van der Waals surface area contributed by atoms with E-state index < -0.39 is 0 Å². The minimum atomic E-state index is 0.671. The van der Waals surface area contributed by atoms with Gasteiger partial charge in [0.15, 0.2) is 0 Å². The van der Waals surface area contributed by atoms with Crippen LogP contribution in [0.3, 0.4) is 0 Å². The van der Waals surface area contributed by atoms with Crippen LogP contribution in [0.2, 0.25) is 0 Å². The number of halogens is 1. The van der Waals surface area contributed by atoms with Crippen LogP contribution in [-0.2, 0) is 6.42 Å². The number of hydrogen-bond acceptors (Lipinski definition) is 2. The Morgan fingerprint density at radius 1 is 1.60 bits per heavy atom. The minimum Gasteiger partial charge on any atom is -0.330 e. The first-order chi connectivity index (χ1) is 4.84. The topological polar surface area (TPSA) is 38.9 Å². The maximum atomic E-state index is 5.38. The van der Waals surface area contributed by atoms with Crippen LogP contribution in [0.15, 0.2) is 22.9 Å². The SMILES string of the molecule is NCCc1cnccc1Br. The molecule has 2 N–H and O–H groups in total. The van der Waals surface area contributed by atoms with E-state index in [0.29, 0.717) is 6.54 Å². The van der Waals surface area contributed by atoms with Crippen molar-refractivity contribution < 1.29 is 0 Å². The van der Waals surface area contributed by atoms with Gasteiger partial charge < -0.3 is 5.73 Å². The van der Waals surface area contributed by atoms with Crippen molar-refractivity contribution in [3.05, 3.63) is 28.5 Å². The lowest BCUT2D eigenvalue weighted by atomic mass is 10.2. The van der Waals surface area contributed by atoms with Gasteiger partial charge in [-0.15, -0.1) is 0 Å². The molecule has 0 aliphatic heterocycles. The molecule has 0 radical (unpaired) electrons. The van der Waals surface area contributed by atoms with E-state index in [0.717, 1.165) is 10.9 Å². The predicted molar refractivity (Wildman–Crippen MR) is 44.7 cm³/mol. The van der Waals surface area contributed by atoms with Crippen LogP contribution in [0.5, 0.6) is 0 Å². The van der Waals surface area contributed by atoms with Crippen molar-refractivity contribution in [3.8, 4) is 0 Å². The Morgan fingerprint density at radius 2 is 2.40 bits per heavy atom. The summed E-state index contributed by atoms with van der Waals surface area (Å²) in [4.78, 5) is 3.98. The highest BCUT2D eigenvalue weighted by Gasteiger charge is 1.95. The molecular weight excluding hydrogens is 192 g/mol. The van der Waals surface area contributed by atoms with Crippen molar-refractivity contribution in [2.45, 2.75) is 6.42 Å². The molecule has 3 heteroatoms. The number of rotatable bonds is 2. The number of aromatic nitrogens is 1. The first kappa shape index (κ1) is 7.69. The van der Waals surface area contributed by atoms with E-state index in [4.69, 9.17) is 5.73 Å². The second kappa shape index (κ2) is 3.68. The Kier molecular flexibility index (Phi) is 2.83. The first-order valence-electron chi connectivity index (χ1n) is 3.13. The van der Waals surface area contributed by atoms with Gasteiger partial charge in [-0.05, 0) is 24.6 Å². The van der Waals surface area contributed by atoms with Gasteiger partial charge in [0.1, 0.15) is 0 Å². The summed E-state index contributed by atoms with van der Waals surface area (Å²) in [5, 5.41) is 0. The fourth-order valence-electron chi connectivity index (χ4n) is 0.750. The van der Waals surface area contributed by atoms with Crippen molar-refractivity contribution in [2.75, 3.05) is 6.54 Å². The maximum Gasteiger partial charge on any atom is 0.0311 e. The molecule has 0 aliphatic carbocycles. The summed E-state index contributed by atoms with van der Waals surface area (Å²) in [5.41, 5.74) is 6.55. The Hall–Kier alpha value is -0.410. The van der Waals surface area contributed by atoms with Crippen LogP contribution in [0.25, 0.3) is 0 Å². The summed E-state index contributed by atoms with van der Waals surface area (Å²) in [6, 6.07) is 1.92. The largest absolute Gasteiger partial charge is 0.330 e. The minimum absolute atomic E-state index is 0.671. The molecule has 0 bridgehead atoms. The Balaban J connectivity index is 2.81. The molecule has 0 amide bonds. The summed E-state index contributed by atoms with van der Waals surface area (Å²) in [6.45, 7) is 0.671. The van der Waals surface area contributed by atoms with Gasteiger partial charge in [0.25, 0.3) is 0 Å². The van der Waals surface area contributed by atoms with Gasteiger partial charge in [-0.1, -0.05) is 15.9 Å². The molecule has 0 saturated heterocycles. The highest BCUT2D eigenvalue weighted by Crippen LogP contribution is 2.13. The first-order valence-corrected chi connectivity index (χ1v) is 3.92. The van der Waals surface area contributed by atoms with Gasteiger partial charge in [0.2, 0.25) is 0 Å². The Bertz CT molecular complexity index is 213. The van der Waals surface area contributed by atoms with Crippen molar-refractivity contribution in [3.63, 3.8) is 0 Å². The van der Waals surface area contributed by atoms with Crippen LogP contribution < -0.4 is 5.73 Å². The molecule has 0 saturated carbocycles. The zero-order valence-electron chi connectivity index (χ0n) is 5.55. The maximum absolute atomic E-state index is 5.38. The molecule has 0 spiro atoms. The van der Waals surface area contributed by atoms with Gasteiger partial charge in [-0.2, -0.15) is 0 Å². The molecule has 10 heavy (non-hydrogen) atoms. The van der Waals surface area contributed by atoms with Crippen LogP contribution in [0.4, 0.5) is 0 Å². The fourth-order valence-corrected chi connectivity index (χ4v) is 1.17. The Labute approximate surface area is 68.6 Å². The lowest BCUT2D eigenvalue weighted by molar-refractivity contribution is 0.952. The third-order valence-corrected chi connectivity index (χ3v) is 2.03. The van der Waals surface area contributed by atoms with Crippen LogP contribution in [-0.4, -0.2) is 11.5 Å². The summed E-state index contributed by atoms with van der Waals surface area (Å²) in [5.74, 6) is 0. The van der Waals surface area contributed by atoms with E-state index >= 15 is 0 Å². The lowest BCUT2D eigenvalue weighted by Gasteiger charge is -1.98. The van der Waals surface area contributed by atoms with E-state index in [-0.39, 0.29) is 0 Å². The molecule has 1 aromatic rings. The van der Waals surface area contributed by atoms with Gasteiger partial charge in [0.05, 0.1) is 0 Å². The molecule has 1 rings (SSSR count). The average Bonchev–Trinajstić information content (AvgIpc) is 1.94. The van der Waals surface area contributed by atoms with Crippen LogP contribution >= 0.6 is 15.9 Å². The van der Waals surface area contributed by atoms with E-state index in [9.17, 15) is 0 Å². The number of pyridine rings is 1. The summed E-state index contributed by atoms with van der Waals surface area (Å²) in [7, 11) is 0. The molecule has 0 unspecified atom stereocenters. The number of hydrogen-bond donors (Lipinski definition) is 1. The highest BCUT2D eigenvalue weighted by atomic mass is 79.9. The molecule has 0 atom stereocenters. The summed E-state index contributed by atoms with van der Waals surface area (Å²) < 4.78 is 1.09. The number of nitrogens with two attached hydrogens (primary N) is 1. The summed E-state index contributed by atoms with van der Waals surface area (Å²) >= 11 is 3.40. The average molecular weight is 201 g/mol. The molecule has 1 aromatic heterocycles. The molecule has 0 aliphatic rings. The van der Waals surface area contributed by atoms with Gasteiger partial charge in [-0.3, -0.25) is 4.98 Å². The van der Waals surface area contributed by atoms with Crippen molar-refractivity contribution in [1.82, 2.24) is 4.98 Å². The fraction of sp³-hybridized carbons (Fsp3) is 0.286. The van der Waals surface area contributed by atoms with E-state index in [2.05, 4.69) is 20.9 Å². The molecule has 54 valence electrons. The Morgan fingerprint density at radius 3 is 3.00 bits per heavy atom. The third-order valence-electron chi connectivity index (χ3n) is 1.26. The molecular formula is C7H9BrN2. The quantitative estimate of drug-likeness (QED) is 0.784. The summed E-state index contributed by atoms with van der Waals surface area (Å²) in [6.07, 6.45) is 4.47. The predicted octanol–water partition coefficient (Wildman–Crippen LogP) is 1.35. The van der Waals surface area contributed by atoms with Gasteiger partial charge >= 0.3 is 0 Å². The molecule has 2 nitrogen and oxygen atoms in total. The zero-order valence-corrected chi connectivity index (χ0v) is 7.13. The van der Waals surface area contributed by atoms with Crippen molar-refractivity contribution >= 4 is 15.9 Å². The lowest BCUT2D eigenvalue weighted by Crippen LogP contribution is -2.03.